The molecule has 0 spiro atoms. The highest BCUT2D eigenvalue weighted by atomic mass is 14.2. The highest BCUT2D eigenvalue weighted by Crippen LogP contribution is 2.47. The SMILES string of the molecule is c1ccc(-c2c3ccccc3c(-c3cccc(-c4cc5ccccc5c5ccccc45)c3)c3ccc4ccccc4c23)cc1. The Hall–Kier alpha value is -5.72. The van der Waals surface area contributed by atoms with Gasteiger partial charge < -0.3 is 0 Å². The third-order valence-electron chi connectivity index (χ3n) is 9.21. The molecule has 0 nitrogen and oxygen atoms in total. The first-order valence-electron chi connectivity index (χ1n) is 15.3. The number of hydrogen-bond acceptors (Lipinski definition) is 0. The molecule has 0 amide bonds. The summed E-state index contributed by atoms with van der Waals surface area (Å²) in [4.78, 5) is 0. The molecule has 0 saturated heterocycles. The van der Waals surface area contributed by atoms with Crippen molar-refractivity contribution in [2.45, 2.75) is 0 Å². The van der Waals surface area contributed by atoms with Gasteiger partial charge in [0.15, 0.2) is 0 Å². The van der Waals surface area contributed by atoms with Crippen LogP contribution in [-0.4, -0.2) is 0 Å². The molecule has 0 heteroatoms. The molecular formula is C44H28. The Balaban J connectivity index is 1.40. The topological polar surface area (TPSA) is 0 Å². The van der Waals surface area contributed by atoms with E-state index >= 15 is 0 Å². The van der Waals surface area contributed by atoms with Gasteiger partial charge in [-0.1, -0.05) is 158 Å². The molecule has 0 fully saturated rings. The zero-order valence-electron chi connectivity index (χ0n) is 24.2. The molecular weight excluding hydrogens is 528 g/mol. The predicted octanol–water partition coefficient (Wildman–Crippen LogP) is 12.5. The molecule has 44 heavy (non-hydrogen) atoms. The van der Waals surface area contributed by atoms with Crippen LogP contribution in [0.15, 0.2) is 170 Å². The Kier molecular flexibility index (Phi) is 5.61. The molecule has 0 atom stereocenters. The van der Waals surface area contributed by atoms with E-state index in [0.29, 0.717) is 0 Å². The second-order valence-corrected chi connectivity index (χ2v) is 11.6. The monoisotopic (exact) mass is 556 g/mol. The quantitative estimate of drug-likeness (QED) is 0.150. The van der Waals surface area contributed by atoms with E-state index in [2.05, 4.69) is 170 Å². The summed E-state index contributed by atoms with van der Waals surface area (Å²) >= 11 is 0. The largest absolute Gasteiger partial charge is 0.0622 e. The number of benzene rings is 9. The third kappa shape index (κ3) is 3.78. The lowest BCUT2D eigenvalue weighted by molar-refractivity contribution is 1.64. The molecule has 204 valence electrons. The molecule has 0 aliphatic rings. The van der Waals surface area contributed by atoms with Crippen molar-refractivity contribution in [1.29, 1.82) is 0 Å². The maximum Gasteiger partial charge on any atom is -0.00141 e. The summed E-state index contributed by atoms with van der Waals surface area (Å²) < 4.78 is 0. The van der Waals surface area contributed by atoms with Crippen molar-refractivity contribution in [3.63, 3.8) is 0 Å². The molecule has 9 aromatic carbocycles. The van der Waals surface area contributed by atoms with Crippen LogP contribution in [0, 0.1) is 0 Å². The van der Waals surface area contributed by atoms with Crippen molar-refractivity contribution in [2.24, 2.45) is 0 Å². The third-order valence-corrected chi connectivity index (χ3v) is 9.21. The van der Waals surface area contributed by atoms with Gasteiger partial charge in [-0.2, -0.15) is 0 Å². The Bertz CT molecular complexity index is 2540. The number of rotatable bonds is 3. The minimum absolute atomic E-state index is 1.23. The number of hydrogen-bond donors (Lipinski definition) is 0. The van der Waals surface area contributed by atoms with E-state index in [1.165, 1.54) is 87.2 Å². The van der Waals surface area contributed by atoms with Crippen molar-refractivity contribution < 1.29 is 0 Å². The molecule has 0 aromatic heterocycles. The van der Waals surface area contributed by atoms with Crippen molar-refractivity contribution in [1.82, 2.24) is 0 Å². The fourth-order valence-corrected chi connectivity index (χ4v) is 7.30. The van der Waals surface area contributed by atoms with E-state index in [0.717, 1.165) is 0 Å². The lowest BCUT2D eigenvalue weighted by atomic mass is 9.83. The van der Waals surface area contributed by atoms with E-state index in [9.17, 15) is 0 Å². The minimum atomic E-state index is 1.23. The smallest absolute Gasteiger partial charge is 0.00141 e. The van der Waals surface area contributed by atoms with Gasteiger partial charge in [-0.25, -0.2) is 0 Å². The molecule has 0 aliphatic heterocycles. The molecule has 9 rings (SSSR count). The highest BCUT2D eigenvalue weighted by molar-refractivity contribution is 6.28. The molecule has 0 N–H and O–H groups in total. The van der Waals surface area contributed by atoms with Crippen LogP contribution in [0.5, 0.6) is 0 Å². The van der Waals surface area contributed by atoms with E-state index in [1.54, 1.807) is 0 Å². The van der Waals surface area contributed by atoms with Crippen LogP contribution < -0.4 is 0 Å². The van der Waals surface area contributed by atoms with Gasteiger partial charge in [0, 0.05) is 0 Å². The first-order valence-corrected chi connectivity index (χ1v) is 15.3. The van der Waals surface area contributed by atoms with E-state index in [4.69, 9.17) is 0 Å². The average molecular weight is 557 g/mol. The first kappa shape index (κ1) is 24.8. The Morgan fingerprint density at radius 2 is 0.818 bits per heavy atom. The summed E-state index contributed by atoms with van der Waals surface area (Å²) in [5.41, 5.74) is 7.56. The second-order valence-electron chi connectivity index (χ2n) is 11.6. The Morgan fingerprint density at radius 3 is 1.61 bits per heavy atom. The van der Waals surface area contributed by atoms with Crippen molar-refractivity contribution in [3.8, 4) is 33.4 Å². The summed E-state index contributed by atoms with van der Waals surface area (Å²) in [5, 5.41) is 12.8. The van der Waals surface area contributed by atoms with Gasteiger partial charge >= 0.3 is 0 Å². The average Bonchev–Trinajstić information content (AvgIpc) is 3.10. The zero-order valence-corrected chi connectivity index (χ0v) is 24.2. The first-order chi connectivity index (χ1) is 21.8. The summed E-state index contributed by atoms with van der Waals surface area (Å²) in [6.07, 6.45) is 0. The summed E-state index contributed by atoms with van der Waals surface area (Å²) in [5.74, 6) is 0. The van der Waals surface area contributed by atoms with Crippen molar-refractivity contribution >= 4 is 53.9 Å². The van der Waals surface area contributed by atoms with Gasteiger partial charge in [0.25, 0.3) is 0 Å². The van der Waals surface area contributed by atoms with Gasteiger partial charge in [0.2, 0.25) is 0 Å². The molecule has 0 bridgehead atoms. The van der Waals surface area contributed by atoms with Crippen LogP contribution in [0.2, 0.25) is 0 Å². The van der Waals surface area contributed by atoms with Crippen molar-refractivity contribution in [3.05, 3.63) is 170 Å². The van der Waals surface area contributed by atoms with Crippen LogP contribution in [-0.2, 0) is 0 Å². The number of fused-ring (bicyclic) bond motifs is 7. The maximum absolute atomic E-state index is 2.40. The Labute approximate surface area is 256 Å². The van der Waals surface area contributed by atoms with Crippen LogP contribution in [0.3, 0.4) is 0 Å². The fourth-order valence-electron chi connectivity index (χ4n) is 7.30. The van der Waals surface area contributed by atoms with Crippen LogP contribution in [0.25, 0.3) is 87.2 Å². The van der Waals surface area contributed by atoms with Gasteiger partial charge in [-0.3, -0.25) is 0 Å². The maximum atomic E-state index is 2.40. The van der Waals surface area contributed by atoms with Crippen LogP contribution in [0.1, 0.15) is 0 Å². The van der Waals surface area contributed by atoms with Gasteiger partial charge in [-0.15, -0.1) is 0 Å². The molecule has 0 aliphatic carbocycles. The minimum Gasteiger partial charge on any atom is -0.0622 e. The van der Waals surface area contributed by atoms with Gasteiger partial charge in [0.1, 0.15) is 0 Å². The van der Waals surface area contributed by atoms with Gasteiger partial charge in [0.05, 0.1) is 0 Å². The molecule has 9 aromatic rings. The fraction of sp³-hybridized carbons (Fsp3) is 0. The normalized spacial score (nSPS) is 11.6. The van der Waals surface area contributed by atoms with E-state index < -0.39 is 0 Å². The van der Waals surface area contributed by atoms with Crippen LogP contribution >= 0.6 is 0 Å². The molecule has 0 radical (unpaired) electrons. The summed E-state index contributed by atoms with van der Waals surface area (Å²) in [7, 11) is 0. The standard InChI is InChI=1S/C44H28/c1-2-14-30(15-3-1)43-39-24-11-10-23-38(39)42(40-26-25-29-13-4-7-20-35(29)44(40)43)33-18-12-17-31(27-33)41-28-32-16-5-6-19-34(32)36-21-8-9-22-37(36)41/h1-28H. The lowest BCUT2D eigenvalue weighted by Gasteiger charge is -2.20. The molecule has 0 unspecified atom stereocenters. The van der Waals surface area contributed by atoms with E-state index in [-0.39, 0.29) is 0 Å². The lowest BCUT2D eigenvalue weighted by Crippen LogP contribution is -1.92. The molecule has 0 saturated carbocycles. The zero-order chi connectivity index (χ0) is 29.0. The van der Waals surface area contributed by atoms with Gasteiger partial charge in [-0.05, 0) is 99.4 Å². The Morgan fingerprint density at radius 1 is 0.250 bits per heavy atom. The van der Waals surface area contributed by atoms with Crippen molar-refractivity contribution in [2.75, 3.05) is 0 Å². The highest BCUT2D eigenvalue weighted by Gasteiger charge is 2.19. The van der Waals surface area contributed by atoms with Crippen LogP contribution in [0.4, 0.5) is 0 Å². The predicted molar refractivity (Wildman–Crippen MR) is 190 cm³/mol. The second kappa shape index (κ2) is 9.93. The van der Waals surface area contributed by atoms with E-state index in [1.807, 2.05) is 0 Å². The summed E-state index contributed by atoms with van der Waals surface area (Å²) in [6, 6.07) is 62.3. The molecule has 0 heterocycles. The summed E-state index contributed by atoms with van der Waals surface area (Å²) in [6.45, 7) is 0.